The van der Waals surface area contributed by atoms with Gasteiger partial charge >= 0.3 is 0 Å². The number of rotatable bonds is 6. The van der Waals surface area contributed by atoms with Crippen molar-refractivity contribution >= 4 is 5.91 Å². The van der Waals surface area contributed by atoms with Crippen molar-refractivity contribution in [2.45, 2.75) is 51.3 Å². The molecule has 5 nitrogen and oxygen atoms in total. The number of aliphatic hydroxyl groups is 1. The molecule has 0 heterocycles. The maximum atomic E-state index is 11.8. The fraction of sp³-hybridized carbons (Fsp3) is 0.917. The van der Waals surface area contributed by atoms with Crippen LogP contribution in [-0.2, 0) is 9.53 Å². The normalized spacial score (nSPS) is 28.3. The van der Waals surface area contributed by atoms with Crippen LogP contribution in [0.2, 0.25) is 0 Å². The number of nitrogens with one attached hydrogen (secondary N) is 1. The van der Waals surface area contributed by atoms with Crippen LogP contribution >= 0.6 is 0 Å². The van der Waals surface area contributed by atoms with Crippen LogP contribution in [0.3, 0.4) is 0 Å². The fourth-order valence-corrected chi connectivity index (χ4v) is 2.00. The summed E-state index contributed by atoms with van der Waals surface area (Å²) in [4.78, 5) is 11.8. The van der Waals surface area contributed by atoms with Crippen LogP contribution in [0.5, 0.6) is 0 Å². The van der Waals surface area contributed by atoms with E-state index < -0.39 is 6.04 Å². The van der Waals surface area contributed by atoms with E-state index in [1.165, 1.54) is 0 Å². The molecule has 1 aliphatic rings. The van der Waals surface area contributed by atoms with Gasteiger partial charge in [-0.2, -0.15) is 0 Å². The Morgan fingerprint density at radius 2 is 2.29 bits per heavy atom. The predicted molar refractivity (Wildman–Crippen MR) is 65.4 cm³/mol. The number of nitrogens with two attached hydrogens (primary N) is 1. The highest BCUT2D eigenvalue weighted by molar-refractivity contribution is 5.81. The molecule has 1 saturated carbocycles. The van der Waals surface area contributed by atoms with Gasteiger partial charge in [0.2, 0.25) is 5.91 Å². The molecule has 1 aliphatic carbocycles. The third-order valence-corrected chi connectivity index (χ3v) is 3.73. The van der Waals surface area contributed by atoms with Gasteiger partial charge < -0.3 is 20.9 Å². The summed E-state index contributed by atoms with van der Waals surface area (Å²) in [6, 6.07) is -0.461. The summed E-state index contributed by atoms with van der Waals surface area (Å²) in [5.41, 5.74) is 5.53. The van der Waals surface area contributed by atoms with Crippen molar-refractivity contribution < 1.29 is 14.6 Å². The zero-order valence-corrected chi connectivity index (χ0v) is 10.9. The molecular formula is C12H24N2O3. The van der Waals surface area contributed by atoms with Crippen molar-refractivity contribution in [3.8, 4) is 0 Å². The molecule has 0 saturated heterocycles. The Balaban J connectivity index is 2.30. The molecule has 0 aromatic heterocycles. The number of amides is 1. The number of ether oxygens (including phenoxy) is 1. The number of methoxy groups -OCH3 is 1. The van der Waals surface area contributed by atoms with E-state index in [1.54, 1.807) is 7.11 Å². The smallest absolute Gasteiger partial charge is 0.237 e. The van der Waals surface area contributed by atoms with Crippen molar-refractivity contribution in [3.05, 3.63) is 0 Å². The summed E-state index contributed by atoms with van der Waals surface area (Å²) in [6.45, 7) is 4.51. The highest BCUT2D eigenvalue weighted by atomic mass is 16.5. The van der Waals surface area contributed by atoms with Crippen LogP contribution in [-0.4, -0.2) is 42.9 Å². The minimum Gasteiger partial charge on any atom is -0.392 e. The van der Waals surface area contributed by atoms with Gasteiger partial charge in [-0.25, -0.2) is 0 Å². The molecule has 100 valence electrons. The van der Waals surface area contributed by atoms with Gasteiger partial charge in [0.05, 0.1) is 12.1 Å². The first-order chi connectivity index (χ1) is 7.89. The van der Waals surface area contributed by atoms with Crippen LogP contribution in [0.1, 0.15) is 33.1 Å². The van der Waals surface area contributed by atoms with Gasteiger partial charge in [0.15, 0.2) is 0 Å². The molecular weight excluding hydrogens is 220 g/mol. The van der Waals surface area contributed by atoms with E-state index in [9.17, 15) is 9.90 Å². The largest absolute Gasteiger partial charge is 0.392 e. The molecule has 0 aliphatic heterocycles. The second kappa shape index (κ2) is 5.80. The maximum absolute atomic E-state index is 11.8. The number of carbonyl (C=O) groups is 1. The first kappa shape index (κ1) is 14.4. The SMILES string of the molecule is COCCCC(N)C(=O)NC1CC(O)C1(C)C. The average molecular weight is 244 g/mol. The second-order valence-corrected chi connectivity index (χ2v) is 5.38. The number of hydrogen-bond acceptors (Lipinski definition) is 4. The predicted octanol–water partition coefficient (Wildman–Crippen LogP) is 0.0159. The minimum atomic E-state index is -0.487. The number of carbonyl (C=O) groups excluding carboxylic acids is 1. The quantitative estimate of drug-likeness (QED) is 0.575. The number of hydrogen-bond donors (Lipinski definition) is 3. The lowest BCUT2D eigenvalue weighted by Gasteiger charge is -2.49. The van der Waals surface area contributed by atoms with Gasteiger partial charge in [0.1, 0.15) is 0 Å². The van der Waals surface area contributed by atoms with E-state index in [-0.39, 0.29) is 23.5 Å². The molecule has 3 unspecified atom stereocenters. The molecule has 17 heavy (non-hydrogen) atoms. The van der Waals surface area contributed by atoms with Gasteiger partial charge in [-0.1, -0.05) is 13.8 Å². The average Bonchev–Trinajstić information content (AvgIpc) is 2.28. The molecule has 4 N–H and O–H groups in total. The zero-order valence-electron chi connectivity index (χ0n) is 10.9. The van der Waals surface area contributed by atoms with Gasteiger partial charge in [-0.05, 0) is 19.3 Å². The Kier molecular flexibility index (Phi) is 4.91. The van der Waals surface area contributed by atoms with Crippen LogP contribution < -0.4 is 11.1 Å². The van der Waals surface area contributed by atoms with Crippen molar-refractivity contribution in [1.29, 1.82) is 0 Å². The molecule has 1 amide bonds. The van der Waals surface area contributed by atoms with Crippen molar-refractivity contribution in [1.82, 2.24) is 5.32 Å². The molecule has 3 atom stereocenters. The van der Waals surface area contributed by atoms with E-state index in [4.69, 9.17) is 10.5 Å². The summed E-state index contributed by atoms with van der Waals surface area (Å²) < 4.78 is 4.91. The molecule has 1 fully saturated rings. The first-order valence-corrected chi connectivity index (χ1v) is 6.12. The fourth-order valence-electron chi connectivity index (χ4n) is 2.00. The Hall–Kier alpha value is -0.650. The summed E-state index contributed by atoms with van der Waals surface area (Å²) in [6.07, 6.45) is 1.68. The number of aliphatic hydroxyl groups excluding tert-OH is 1. The van der Waals surface area contributed by atoms with Crippen LogP contribution in [0, 0.1) is 5.41 Å². The lowest BCUT2D eigenvalue weighted by molar-refractivity contribution is -0.130. The summed E-state index contributed by atoms with van der Waals surface area (Å²) in [5, 5.41) is 12.5. The Bertz CT molecular complexity index is 268. The molecule has 0 radical (unpaired) electrons. The highest BCUT2D eigenvalue weighted by Crippen LogP contribution is 2.40. The second-order valence-electron chi connectivity index (χ2n) is 5.38. The van der Waals surface area contributed by atoms with Crippen LogP contribution in [0.25, 0.3) is 0 Å². The monoisotopic (exact) mass is 244 g/mol. The Morgan fingerprint density at radius 3 is 2.76 bits per heavy atom. The Morgan fingerprint density at radius 1 is 1.65 bits per heavy atom. The van der Waals surface area contributed by atoms with Gasteiger partial charge in [0.25, 0.3) is 0 Å². The molecule has 0 aromatic rings. The third kappa shape index (κ3) is 3.40. The van der Waals surface area contributed by atoms with E-state index in [0.717, 1.165) is 6.42 Å². The van der Waals surface area contributed by atoms with Gasteiger partial charge in [-0.3, -0.25) is 4.79 Å². The topological polar surface area (TPSA) is 84.6 Å². The maximum Gasteiger partial charge on any atom is 0.237 e. The van der Waals surface area contributed by atoms with E-state index in [2.05, 4.69) is 5.32 Å². The van der Waals surface area contributed by atoms with Crippen LogP contribution in [0.4, 0.5) is 0 Å². The van der Waals surface area contributed by atoms with E-state index in [1.807, 2.05) is 13.8 Å². The van der Waals surface area contributed by atoms with Crippen LogP contribution in [0.15, 0.2) is 0 Å². The van der Waals surface area contributed by atoms with Crippen molar-refractivity contribution in [2.24, 2.45) is 11.1 Å². The summed E-state index contributed by atoms with van der Waals surface area (Å²) in [5.74, 6) is -0.133. The summed E-state index contributed by atoms with van der Waals surface area (Å²) in [7, 11) is 1.63. The molecule has 1 rings (SSSR count). The van der Waals surface area contributed by atoms with Gasteiger partial charge in [0, 0.05) is 25.2 Å². The molecule has 0 aromatic carbocycles. The van der Waals surface area contributed by atoms with Crippen molar-refractivity contribution in [3.63, 3.8) is 0 Å². The first-order valence-electron chi connectivity index (χ1n) is 6.12. The third-order valence-electron chi connectivity index (χ3n) is 3.73. The van der Waals surface area contributed by atoms with Gasteiger partial charge in [-0.15, -0.1) is 0 Å². The summed E-state index contributed by atoms with van der Waals surface area (Å²) >= 11 is 0. The van der Waals surface area contributed by atoms with E-state index >= 15 is 0 Å². The molecule has 0 bridgehead atoms. The van der Waals surface area contributed by atoms with E-state index in [0.29, 0.717) is 19.4 Å². The lowest BCUT2D eigenvalue weighted by Crippen LogP contribution is -2.62. The lowest BCUT2D eigenvalue weighted by atomic mass is 9.64. The molecule has 0 spiro atoms. The Labute approximate surface area is 103 Å². The standard InChI is InChI=1S/C12H24N2O3/c1-12(2)9(7-10(12)15)14-11(16)8(13)5-4-6-17-3/h8-10,15H,4-7,13H2,1-3H3,(H,14,16). The zero-order chi connectivity index (χ0) is 13.1. The highest BCUT2D eigenvalue weighted by Gasteiger charge is 2.48. The van der Waals surface area contributed by atoms with Crippen molar-refractivity contribution in [2.75, 3.05) is 13.7 Å². The minimum absolute atomic E-state index is 0.0264. The molecule has 5 heteroatoms.